The third-order valence-corrected chi connectivity index (χ3v) is 7.95. The minimum absolute atomic E-state index is 0.131. The van der Waals surface area contributed by atoms with Crippen molar-refractivity contribution in [3.8, 4) is 0 Å². The van der Waals surface area contributed by atoms with E-state index in [9.17, 15) is 14.7 Å². The molecule has 2 aliphatic heterocycles. The fourth-order valence-corrected chi connectivity index (χ4v) is 5.79. The van der Waals surface area contributed by atoms with E-state index in [1.807, 2.05) is 29.2 Å². The van der Waals surface area contributed by atoms with Crippen LogP contribution in [0.1, 0.15) is 30.5 Å². The van der Waals surface area contributed by atoms with Gasteiger partial charge in [0.15, 0.2) is 0 Å². The Kier molecular flexibility index (Phi) is 6.59. The molecule has 8 nitrogen and oxygen atoms in total. The van der Waals surface area contributed by atoms with E-state index in [0.717, 1.165) is 53.8 Å². The molecule has 0 aliphatic carbocycles. The highest BCUT2D eigenvalue weighted by Gasteiger charge is 2.27. The fraction of sp³-hybridized carbons (Fsp3) is 0.367. The number of hydrogen-bond acceptors (Lipinski definition) is 6. The molecule has 0 saturated carbocycles. The molecular weight excluding hydrogens is 480 g/mol. The molecule has 1 aromatic heterocycles. The summed E-state index contributed by atoms with van der Waals surface area (Å²) < 4.78 is 6.94. The van der Waals surface area contributed by atoms with Gasteiger partial charge in [0, 0.05) is 50.8 Å². The number of aliphatic hydroxyl groups is 1. The van der Waals surface area contributed by atoms with E-state index in [4.69, 9.17) is 4.74 Å². The standard InChI is InChI=1S/C30H32N4O4/c1-20(35)32-11-13-33(14-12-32)23-8-6-21(7-9-23)16-22-17-26-29(25-5-3-2-4-24(22)25)31-19-34(30(26)37)27-10-15-38-18-28(27)36/h2-9,17,19,27-28,36H,10-16,18H2,1H3/t27-,28-/m0/s1. The van der Waals surface area contributed by atoms with Crippen molar-refractivity contribution in [3.63, 3.8) is 0 Å². The monoisotopic (exact) mass is 512 g/mol. The number of benzene rings is 3. The molecule has 6 rings (SSSR count). The molecule has 2 atom stereocenters. The minimum atomic E-state index is -0.732. The average Bonchev–Trinajstić information content (AvgIpc) is 2.95. The third-order valence-electron chi connectivity index (χ3n) is 7.95. The first-order valence-corrected chi connectivity index (χ1v) is 13.3. The number of piperazine rings is 1. The summed E-state index contributed by atoms with van der Waals surface area (Å²) in [5.41, 5.74) is 3.94. The Morgan fingerprint density at radius 2 is 1.76 bits per heavy atom. The summed E-state index contributed by atoms with van der Waals surface area (Å²) in [6.45, 7) is 5.51. The second kappa shape index (κ2) is 10.2. The zero-order valence-electron chi connectivity index (χ0n) is 21.5. The molecule has 196 valence electrons. The molecule has 38 heavy (non-hydrogen) atoms. The number of aromatic nitrogens is 2. The summed E-state index contributed by atoms with van der Waals surface area (Å²) in [5.74, 6) is 0.133. The number of carbonyl (C=O) groups is 1. The maximum Gasteiger partial charge on any atom is 0.261 e. The Morgan fingerprint density at radius 1 is 1.03 bits per heavy atom. The number of fused-ring (bicyclic) bond motifs is 3. The molecule has 0 unspecified atom stereocenters. The number of hydrogen-bond donors (Lipinski definition) is 1. The predicted molar refractivity (Wildman–Crippen MR) is 148 cm³/mol. The van der Waals surface area contributed by atoms with Crippen LogP contribution in [0.2, 0.25) is 0 Å². The highest BCUT2D eigenvalue weighted by Crippen LogP contribution is 2.29. The predicted octanol–water partition coefficient (Wildman–Crippen LogP) is 3.13. The zero-order valence-corrected chi connectivity index (χ0v) is 21.5. The summed E-state index contributed by atoms with van der Waals surface area (Å²) in [7, 11) is 0. The molecule has 0 radical (unpaired) electrons. The summed E-state index contributed by atoms with van der Waals surface area (Å²) in [5, 5.41) is 13.1. The van der Waals surface area contributed by atoms with E-state index in [-0.39, 0.29) is 24.1 Å². The molecule has 0 bridgehead atoms. The molecule has 2 aliphatic rings. The average molecular weight is 513 g/mol. The van der Waals surface area contributed by atoms with Crippen LogP contribution in [-0.2, 0) is 16.0 Å². The normalized spacial score (nSPS) is 20.3. The van der Waals surface area contributed by atoms with Gasteiger partial charge in [0.05, 0.1) is 36.0 Å². The number of amides is 1. The van der Waals surface area contributed by atoms with E-state index in [2.05, 4.69) is 40.2 Å². The Labute approximate surface area is 221 Å². The van der Waals surface area contributed by atoms with E-state index in [1.165, 1.54) is 0 Å². The van der Waals surface area contributed by atoms with Crippen molar-refractivity contribution in [1.29, 1.82) is 0 Å². The highest BCUT2D eigenvalue weighted by molar-refractivity contribution is 6.06. The number of aliphatic hydroxyl groups excluding tert-OH is 1. The van der Waals surface area contributed by atoms with Crippen LogP contribution >= 0.6 is 0 Å². The van der Waals surface area contributed by atoms with E-state index < -0.39 is 6.10 Å². The van der Waals surface area contributed by atoms with Gasteiger partial charge in [0.25, 0.3) is 5.56 Å². The Morgan fingerprint density at radius 3 is 2.47 bits per heavy atom. The van der Waals surface area contributed by atoms with Gasteiger partial charge in [-0.2, -0.15) is 0 Å². The number of rotatable bonds is 4. The molecule has 2 fully saturated rings. The van der Waals surface area contributed by atoms with Crippen molar-refractivity contribution in [2.24, 2.45) is 0 Å². The summed E-state index contributed by atoms with van der Waals surface area (Å²) in [6.07, 6.45) is 2.10. The first kappa shape index (κ1) is 24.6. The molecule has 1 N–H and O–H groups in total. The van der Waals surface area contributed by atoms with Crippen LogP contribution in [0.5, 0.6) is 0 Å². The van der Waals surface area contributed by atoms with Gasteiger partial charge >= 0.3 is 0 Å². The molecule has 3 aromatic carbocycles. The van der Waals surface area contributed by atoms with E-state index in [1.54, 1.807) is 17.8 Å². The quantitative estimate of drug-likeness (QED) is 0.423. The van der Waals surface area contributed by atoms with Gasteiger partial charge in [0.1, 0.15) is 0 Å². The van der Waals surface area contributed by atoms with Crippen LogP contribution in [0, 0.1) is 0 Å². The zero-order chi connectivity index (χ0) is 26.2. The molecule has 1 amide bonds. The van der Waals surface area contributed by atoms with E-state index >= 15 is 0 Å². The van der Waals surface area contributed by atoms with Gasteiger partial charge in [-0.15, -0.1) is 0 Å². The van der Waals surface area contributed by atoms with Crippen molar-refractivity contribution < 1.29 is 14.6 Å². The first-order chi connectivity index (χ1) is 18.5. The van der Waals surface area contributed by atoms with Crippen LogP contribution in [0.15, 0.2) is 65.7 Å². The SMILES string of the molecule is CC(=O)N1CCN(c2ccc(Cc3cc4c(=O)n([C@H]5CCOC[C@@H]5O)cnc4c4ccccc34)cc2)CC1. The topological polar surface area (TPSA) is 87.9 Å². The van der Waals surface area contributed by atoms with Gasteiger partial charge in [-0.25, -0.2) is 4.98 Å². The number of ether oxygens (including phenoxy) is 1. The molecular formula is C30H32N4O4. The van der Waals surface area contributed by atoms with Crippen molar-refractivity contribution in [2.75, 3.05) is 44.3 Å². The molecule has 8 heteroatoms. The molecule has 4 aromatic rings. The second-order valence-electron chi connectivity index (χ2n) is 10.3. The lowest BCUT2D eigenvalue weighted by atomic mass is 9.95. The third kappa shape index (κ3) is 4.54. The highest BCUT2D eigenvalue weighted by atomic mass is 16.5. The lowest BCUT2D eigenvalue weighted by molar-refractivity contribution is -0.129. The summed E-state index contributed by atoms with van der Waals surface area (Å²) in [4.78, 5) is 34.2. The molecule has 0 spiro atoms. The Hall–Kier alpha value is -3.75. The first-order valence-electron chi connectivity index (χ1n) is 13.3. The number of anilines is 1. The number of carbonyl (C=O) groups excluding carboxylic acids is 1. The number of nitrogens with zero attached hydrogens (tertiary/aromatic N) is 4. The second-order valence-corrected chi connectivity index (χ2v) is 10.3. The Bertz CT molecular complexity index is 1540. The van der Waals surface area contributed by atoms with Crippen molar-refractivity contribution in [1.82, 2.24) is 14.5 Å². The smallest absolute Gasteiger partial charge is 0.261 e. The molecule has 2 saturated heterocycles. The summed E-state index contributed by atoms with van der Waals surface area (Å²) in [6, 6.07) is 18.3. The van der Waals surface area contributed by atoms with Crippen LogP contribution in [0.3, 0.4) is 0 Å². The maximum absolute atomic E-state index is 13.6. The fourth-order valence-electron chi connectivity index (χ4n) is 5.79. The van der Waals surface area contributed by atoms with Gasteiger partial charge in [0.2, 0.25) is 5.91 Å². The largest absolute Gasteiger partial charge is 0.389 e. The van der Waals surface area contributed by atoms with Crippen molar-refractivity contribution in [3.05, 3.63) is 82.4 Å². The van der Waals surface area contributed by atoms with Crippen LogP contribution in [-0.4, -0.2) is 71.0 Å². The van der Waals surface area contributed by atoms with Gasteiger partial charge in [-0.05, 0) is 47.6 Å². The lowest BCUT2D eigenvalue weighted by Gasteiger charge is -2.35. The van der Waals surface area contributed by atoms with Crippen molar-refractivity contribution in [2.45, 2.75) is 31.9 Å². The lowest BCUT2D eigenvalue weighted by Crippen LogP contribution is -2.48. The van der Waals surface area contributed by atoms with Crippen molar-refractivity contribution >= 4 is 33.3 Å². The van der Waals surface area contributed by atoms with Gasteiger partial charge in [-0.3, -0.25) is 14.2 Å². The van der Waals surface area contributed by atoms with Crippen LogP contribution in [0.25, 0.3) is 21.7 Å². The maximum atomic E-state index is 13.6. The minimum Gasteiger partial charge on any atom is -0.389 e. The van der Waals surface area contributed by atoms with Crippen LogP contribution in [0.4, 0.5) is 5.69 Å². The van der Waals surface area contributed by atoms with Gasteiger partial charge in [-0.1, -0.05) is 36.4 Å². The van der Waals surface area contributed by atoms with Gasteiger partial charge < -0.3 is 19.6 Å². The summed E-state index contributed by atoms with van der Waals surface area (Å²) >= 11 is 0. The Balaban J connectivity index is 1.32. The van der Waals surface area contributed by atoms with Crippen LogP contribution < -0.4 is 10.5 Å². The van der Waals surface area contributed by atoms with E-state index in [0.29, 0.717) is 30.4 Å². The molecule has 3 heterocycles.